The smallest absolute Gasteiger partial charge is 0.338 e. The third-order valence-electron chi connectivity index (χ3n) is 6.92. The van der Waals surface area contributed by atoms with Gasteiger partial charge in [-0.25, -0.2) is 4.79 Å². The van der Waals surface area contributed by atoms with E-state index in [2.05, 4.69) is 45.6 Å². The number of aromatic nitrogens is 1. The molecule has 1 aliphatic rings. The Kier molecular flexibility index (Phi) is 7.95. The molecule has 1 aromatic heterocycles. The maximum absolute atomic E-state index is 12.0. The van der Waals surface area contributed by atoms with Crippen molar-refractivity contribution in [1.29, 1.82) is 0 Å². The van der Waals surface area contributed by atoms with E-state index in [0.29, 0.717) is 12.2 Å². The van der Waals surface area contributed by atoms with Gasteiger partial charge in [0, 0.05) is 62.4 Å². The third-order valence-corrected chi connectivity index (χ3v) is 6.92. The summed E-state index contributed by atoms with van der Waals surface area (Å²) in [5.74, 6) is -0.271. The first-order chi connectivity index (χ1) is 16.7. The monoisotopic (exact) mass is 477 g/mol. The molecule has 0 amide bonds. The van der Waals surface area contributed by atoms with Crippen LogP contribution < -0.4 is 0 Å². The van der Waals surface area contributed by atoms with Gasteiger partial charge in [-0.2, -0.15) is 0 Å². The lowest BCUT2D eigenvalue weighted by Gasteiger charge is -2.37. The highest BCUT2D eigenvalue weighted by Gasteiger charge is 2.23. The number of aliphatic hydroxyl groups is 1. The van der Waals surface area contributed by atoms with E-state index in [1.165, 1.54) is 27.7 Å². The van der Waals surface area contributed by atoms with E-state index in [0.717, 1.165) is 52.2 Å². The van der Waals surface area contributed by atoms with Crippen molar-refractivity contribution in [3.63, 3.8) is 0 Å². The first-order valence-corrected chi connectivity index (χ1v) is 12.7. The van der Waals surface area contributed by atoms with E-state index < -0.39 is 5.60 Å². The van der Waals surface area contributed by atoms with Crippen molar-refractivity contribution in [2.75, 3.05) is 45.9 Å². The first kappa shape index (κ1) is 25.4. The topological polar surface area (TPSA) is 57.9 Å². The molecule has 2 heterocycles. The molecule has 35 heavy (non-hydrogen) atoms. The zero-order chi connectivity index (χ0) is 25.0. The molecule has 0 bridgehead atoms. The predicted molar refractivity (Wildman–Crippen MR) is 141 cm³/mol. The van der Waals surface area contributed by atoms with Gasteiger partial charge in [0.05, 0.1) is 17.8 Å². The van der Waals surface area contributed by atoms with Gasteiger partial charge in [-0.3, -0.25) is 9.80 Å². The normalized spacial score (nSPS) is 15.6. The van der Waals surface area contributed by atoms with Gasteiger partial charge >= 0.3 is 5.97 Å². The summed E-state index contributed by atoms with van der Waals surface area (Å²) in [5.41, 5.74) is 5.08. The minimum atomic E-state index is -0.640. The quantitative estimate of drug-likeness (QED) is 0.470. The molecule has 0 spiro atoms. The number of carbonyl (C=O) groups is 1. The maximum atomic E-state index is 12.0. The van der Waals surface area contributed by atoms with Crippen LogP contribution in [0.2, 0.25) is 0 Å². The number of nitrogens with zero attached hydrogens (tertiary/aromatic N) is 3. The minimum Gasteiger partial charge on any atom is -0.462 e. The van der Waals surface area contributed by atoms with Crippen molar-refractivity contribution in [2.24, 2.45) is 0 Å². The zero-order valence-electron chi connectivity index (χ0n) is 21.6. The van der Waals surface area contributed by atoms with Crippen molar-refractivity contribution >= 4 is 16.9 Å². The lowest BCUT2D eigenvalue weighted by Crippen LogP contribution is -2.50. The molecule has 0 saturated carbocycles. The summed E-state index contributed by atoms with van der Waals surface area (Å²) in [6, 6.07) is 16.5. The summed E-state index contributed by atoms with van der Waals surface area (Å²) < 4.78 is 7.57. The molecule has 0 aliphatic carbocycles. The Morgan fingerprint density at radius 2 is 1.63 bits per heavy atom. The maximum Gasteiger partial charge on any atom is 0.338 e. The van der Waals surface area contributed by atoms with Crippen LogP contribution in [0.25, 0.3) is 10.9 Å². The lowest BCUT2D eigenvalue weighted by molar-refractivity contribution is 0.0174. The molecule has 1 N–H and O–H groups in total. The number of β-amino-alcohol motifs (C(OH)–C–C–N with tert-alkyl or cyclic N) is 1. The lowest BCUT2D eigenvalue weighted by atomic mass is 10.0. The summed E-state index contributed by atoms with van der Waals surface area (Å²) in [5, 5.41) is 11.4. The van der Waals surface area contributed by atoms with Crippen LogP contribution in [0.3, 0.4) is 0 Å². The Morgan fingerprint density at radius 1 is 0.971 bits per heavy atom. The average molecular weight is 478 g/mol. The molecule has 1 aliphatic heterocycles. The number of ether oxygens (including phenoxy) is 1. The molecule has 0 radical (unpaired) electrons. The minimum absolute atomic E-state index is 0.271. The van der Waals surface area contributed by atoms with E-state index in [1.54, 1.807) is 0 Å². The zero-order valence-corrected chi connectivity index (χ0v) is 21.6. The summed E-state index contributed by atoms with van der Waals surface area (Å²) in [4.78, 5) is 16.9. The van der Waals surface area contributed by atoms with E-state index >= 15 is 0 Å². The Hall–Kier alpha value is -2.67. The van der Waals surface area contributed by atoms with E-state index in [-0.39, 0.29) is 5.97 Å². The van der Waals surface area contributed by atoms with Crippen LogP contribution in [0.15, 0.2) is 48.5 Å². The van der Waals surface area contributed by atoms with Crippen LogP contribution >= 0.6 is 0 Å². The van der Waals surface area contributed by atoms with Crippen LogP contribution in [-0.2, 0) is 17.7 Å². The van der Waals surface area contributed by atoms with Gasteiger partial charge in [0.15, 0.2) is 0 Å². The van der Waals surface area contributed by atoms with Crippen LogP contribution in [0, 0.1) is 6.92 Å². The molecule has 2 aromatic carbocycles. The van der Waals surface area contributed by atoms with Crippen LogP contribution in [0.4, 0.5) is 0 Å². The van der Waals surface area contributed by atoms with Crippen molar-refractivity contribution in [3.05, 3.63) is 70.9 Å². The number of benzene rings is 2. The molecule has 1 fully saturated rings. The highest BCUT2D eigenvalue weighted by atomic mass is 16.5. The Balaban J connectivity index is 1.45. The van der Waals surface area contributed by atoms with Crippen molar-refractivity contribution in [3.8, 4) is 0 Å². The molecule has 0 atom stereocenters. The van der Waals surface area contributed by atoms with Gasteiger partial charge in [0.2, 0.25) is 0 Å². The largest absolute Gasteiger partial charge is 0.462 e. The SMILES string of the molecule is CCOC(=O)c1ccc(Cc2c(C)n(CCN3CCN(CC(C)(C)O)CC3)c3ccccc23)cc1. The van der Waals surface area contributed by atoms with Crippen LogP contribution in [-0.4, -0.2) is 76.9 Å². The average Bonchev–Trinajstić information content (AvgIpc) is 3.09. The summed E-state index contributed by atoms with van der Waals surface area (Å²) in [7, 11) is 0. The molecule has 6 heteroatoms. The number of carbonyl (C=O) groups excluding carboxylic acids is 1. The van der Waals surface area contributed by atoms with Gasteiger partial charge in [-0.1, -0.05) is 30.3 Å². The van der Waals surface area contributed by atoms with Gasteiger partial charge in [-0.15, -0.1) is 0 Å². The Labute approximate surface area is 209 Å². The number of hydrogen-bond donors (Lipinski definition) is 1. The van der Waals surface area contributed by atoms with Gasteiger partial charge in [0.1, 0.15) is 0 Å². The second-order valence-corrected chi connectivity index (χ2v) is 10.3. The van der Waals surface area contributed by atoms with Gasteiger partial charge in [-0.05, 0) is 63.4 Å². The van der Waals surface area contributed by atoms with Gasteiger partial charge < -0.3 is 14.4 Å². The summed E-state index contributed by atoms with van der Waals surface area (Å²) >= 11 is 0. The molecule has 6 nitrogen and oxygen atoms in total. The molecular weight excluding hydrogens is 438 g/mol. The molecule has 1 saturated heterocycles. The first-order valence-electron chi connectivity index (χ1n) is 12.7. The second-order valence-electron chi connectivity index (χ2n) is 10.3. The fourth-order valence-electron chi connectivity index (χ4n) is 5.15. The number of piperazine rings is 1. The number of esters is 1. The highest BCUT2D eigenvalue weighted by Crippen LogP contribution is 2.28. The highest BCUT2D eigenvalue weighted by molar-refractivity contribution is 5.89. The molecule has 3 aromatic rings. The number of para-hydroxylation sites is 1. The fraction of sp³-hybridized carbons (Fsp3) is 0.483. The van der Waals surface area contributed by atoms with Crippen molar-refractivity contribution < 1.29 is 14.6 Å². The molecule has 188 valence electrons. The van der Waals surface area contributed by atoms with Crippen molar-refractivity contribution in [2.45, 2.75) is 46.3 Å². The number of hydrogen-bond acceptors (Lipinski definition) is 5. The van der Waals surface area contributed by atoms with Crippen LogP contribution in [0.1, 0.15) is 48.0 Å². The third kappa shape index (κ3) is 6.31. The molecule has 0 unspecified atom stereocenters. The number of rotatable bonds is 9. The summed E-state index contributed by atoms with van der Waals surface area (Å²) in [6.07, 6.45) is 0.831. The fourth-order valence-corrected chi connectivity index (χ4v) is 5.15. The van der Waals surface area contributed by atoms with E-state index in [1.807, 2.05) is 45.0 Å². The van der Waals surface area contributed by atoms with E-state index in [9.17, 15) is 9.90 Å². The molecular formula is C29H39N3O3. The standard InChI is InChI=1S/C29H39N3O3/c1-5-35-28(33)24-12-10-23(11-13-24)20-26-22(2)32(27-9-7-6-8-25(26)27)19-18-30-14-16-31(17-15-30)21-29(3,4)34/h6-13,34H,5,14-21H2,1-4H3. The van der Waals surface area contributed by atoms with Crippen molar-refractivity contribution in [1.82, 2.24) is 14.4 Å². The van der Waals surface area contributed by atoms with Crippen LogP contribution in [0.5, 0.6) is 0 Å². The second kappa shape index (κ2) is 10.9. The molecule has 4 rings (SSSR count). The van der Waals surface area contributed by atoms with Gasteiger partial charge in [0.25, 0.3) is 0 Å². The summed E-state index contributed by atoms with van der Waals surface area (Å²) in [6.45, 7) is 15.0. The van der Waals surface area contributed by atoms with E-state index in [4.69, 9.17) is 4.74 Å². The Morgan fingerprint density at radius 3 is 2.29 bits per heavy atom. The predicted octanol–water partition coefficient (Wildman–Crippen LogP) is 4.11. The Bertz CT molecular complexity index is 1140. The number of fused-ring (bicyclic) bond motifs is 1.